The van der Waals surface area contributed by atoms with Gasteiger partial charge in [0.05, 0.1) is 12.1 Å². The van der Waals surface area contributed by atoms with Crippen LogP contribution in [0.2, 0.25) is 5.02 Å². The Morgan fingerprint density at radius 3 is 2.83 bits per heavy atom. The van der Waals surface area contributed by atoms with Gasteiger partial charge in [0.2, 0.25) is 0 Å². The first kappa shape index (κ1) is 16.0. The molecule has 3 N–H and O–H groups in total. The van der Waals surface area contributed by atoms with Crippen LogP contribution in [0.5, 0.6) is 0 Å². The summed E-state index contributed by atoms with van der Waals surface area (Å²) in [5.74, 6) is 0.364. The number of aromatic nitrogens is 2. The van der Waals surface area contributed by atoms with E-state index in [1.807, 2.05) is 19.1 Å². The Kier molecular flexibility index (Phi) is 4.41. The van der Waals surface area contributed by atoms with Crippen molar-refractivity contribution in [3.8, 4) is 11.4 Å². The van der Waals surface area contributed by atoms with E-state index in [0.29, 0.717) is 22.2 Å². The van der Waals surface area contributed by atoms with Gasteiger partial charge < -0.3 is 15.4 Å². The first-order chi connectivity index (χ1) is 11.0. The normalized spacial score (nSPS) is 16.5. The average Bonchev–Trinajstić information content (AvgIpc) is 3.14. The molecule has 1 saturated carbocycles. The molecule has 0 atom stereocenters. The lowest BCUT2D eigenvalue weighted by molar-refractivity contribution is 0.0833. The van der Waals surface area contributed by atoms with Crippen molar-refractivity contribution in [1.82, 2.24) is 15.3 Å². The summed E-state index contributed by atoms with van der Waals surface area (Å²) in [5.41, 5.74) is 1.39. The first-order valence-corrected chi connectivity index (χ1v) is 8.17. The van der Waals surface area contributed by atoms with Crippen molar-refractivity contribution in [2.24, 2.45) is 0 Å². The predicted octanol–water partition coefficient (Wildman–Crippen LogP) is 3.07. The Bertz CT molecular complexity index is 720. The van der Waals surface area contributed by atoms with E-state index < -0.39 is 5.54 Å². The third-order valence-corrected chi connectivity index (χ3v) is 4.67. The van der Waals surface area contributed by atoms with Crippen molar-refractivity contribution in [3.05, 3.63) is 40.7 Å². The molecule has 0 aliphatic heterocycles. The quantitative estimate of drug-likeness (QED) is 0.804. The molecule has 0 unspecified atom stereocenters. The number of H-pyrrole nitrogens is 1. The predicted molar refractivity (Wildman–Crippen MR) is 89.5 cm³/mol. The molecule has 1 fully saturated rings. The number of aliphatic hydroxyl groups is 1. The molecule has 3 rings (SSSR count). The average molecular weight is 334 g/mol. The molecule has 5 nitrogen and oxygen atoms in total. The van der Waals surface area contributed by atoms with E-state index in [1.54, 1.807) is 12.1 Å². The molecule has 6 heteroatoms. The summed E-state index contributed by atoms with van der Waals surface area (Å²) >= 11 is 6.01. The van der Waals surface area contributed by atoms with E-state index in [-0.39, 0.29) is 12.5 Å². The van der Waals surface area contributed by atoms with Crippen LogP contribution in [0.1, 0.15) is 41.9 Å². The summed E-state index contributed by atoms with van der Waals surface area (Å²) in [5, 5.41) is 13.2. The van der Waals surface area contributed by atoms with Gasteiger partial charge in [0, 0.05) is 16.3 Å². The van der Waals surface area contributed by atoms with Gasteiger partial charge >= 0.3 is 0 Å². The maximum atomic E-state index is 12.6. The number of aromatic amines is 1. The van der Waals surface area contributed by atoms with E-state index >= 15 is 0 Å². The minimum atomic E-state index is -0.501. The molecule has 0 spiro atoms. The number of carbonyl (C=O) groups is 1. The molecule has 2 aromatic rings. The molecular formula is C17H20ClN3O2. The van der Waals surface area contributed by atoms with Crippen molar-refractivity contribution in [1.29, 1.82) is 0 Å². The molecule has 0 saturated heterocycles. The van der Waals surface area contributed by atoms with Crippen molar-refractivity contribution < 1.29 is 9.90 Å². The van der Waals surface area contributed by atoms with Gasteiger partial charge in [0.1, 0.15) is 11.5 Å². The highest BCUT2D eigenvalue weighted by Gasteiger charge is 2.35. The van der Waals surface area contributed by atoms with Crippen molar-refractivity contribution in [2.45, 2.75) is 38.1 Å². The number of halogens is 1. The first-order valence-electron chi connectivity index (χ1n) is 7.79. The van der Waals surface area contributed by atoms with Crippen LogP contribution in [0.3, 0.4) is 0 Å². The third kappa shape index (κ3) is 3.26. The number of hydrogen-bond donors (Lipinski definition) is 3. The molecule has 1 heterocycles. The van der Waals surface area contributed by atoms with E-state index in [2.05, 4.69) is 15.3 Å². The maximum absolute atomic E-state index is 12.6. The minimum absolute atomic E-state index is 0.0383. The highest BCUT2D eigenvalue weighted by Crippen LogP contribution is 2.30. The number of carbonyl (C=O) groups excluding carboxylic acids is 1. The Balaban J connectivity index is 1.84. The van der Waals surface area contributed by atoms with Crippen LogP contribution in [-0.2, 0) is 0 Å². The SMILES string of the molecule is Cc1[nH]c(-c2cccc(Cl)c2)nc1C(=O)NC1(CO)CCCC1. The summed E-state index contributed by atoms with van der Waals surface area (Å²) in [6.07, 6.45) is 3.65. The second-order valence-corrected chi connectivity index (χ2v) is 6.61. The Hall–Kier alpha value is -1.85. The fourth-order valence-corrected chi connectivity index (χ4v) is 3.32. The van der Waals surface area contributed by atoms with Gasteiger partial charge in [-0.2, -0.15) is 0 Å². The lowest BCUT2D eigenvalue weighted by atomic mass is 9.98. The topological polar surface area (TPSA) is 78.0 Å². The zero-order chi connectivity index (χ0) is 16.4. The van der Waals surface area contributed by atoms with Crippen molar-refractivity contribution in [2.75, 3.05) is 6.61 Å². The van der Waals surface area contributed by atoms with E-state index in [1.165, 1.54) is 0 Å². The maximum Gasteiger partial charge on any atom is 0.272 e. The molecule has 1 aliphatic carbocycles. The van der Waals surface area contributed by atoms with Crippen LogP contribution in [0.15, 0.2) is 24.3 Å². The van der Waals surface area contributed by atoms with Crippen LogP contribution >= 0.6 is 11.6 Å². The zero-order valence-electron chi connectivity index (χ0n) is 13.0. The van der Waals surface area contributed by atoms with Crippen LogP contribution in [0, 0.1) is 6.92 Å². The number of hydrogen-bond acceptors (Lipinski definition) is 3. The van der Waals surface area contributed by atoms with E-state index in [4.69, 9.17) is 11.6 Å². The number of aliphatic hydroxyl groups excluding tert-OH is 1. The minimum Gasteiger partial charge on any atom is -0.394 e. The molecule has 122 valence electrons. The van der Waals surface area contributed by atoms with Crippen LogP contribution in [-0.4, -0.2) is 33.1 Å². The van der Waals surface area contributed by atoms with Gasteiger partial charge in [0.15, 0.2) is 0 Å². The van der Waals surface area contributed by atoms with Crippen molar-refractivity contribution >= 4 is 17.5 Å². The van der Waals surface area contributed by atoms with Gasteiger partial charge in [0.25, 0.3) is 5.91 Å². The number of benzene rings is 1. The van der Waals surface area contributed by atoms with Crippen LogP contribution < -0.4 is 5.32 Å². The fourth-order valence-electron chi connectivity index (χ4n) is 3.13. The second-order valence-electron chi connectivity index (χ2n) is 6.17. The number of amides is 1. The number of nitrogens with zero attached hydrogens (tertiary/aromatic N) is 1. The molecule has 1 aliphatic rings. The molecular weight excluding hydrogens is 314 g/mol. The zero-order valence-corrected chi connectivity index (χ0v) is 13.8. The molecule has 1 aromatic heterocycles. The number of rotatable bonds is 4. The molecule has 1 amide bonds. The van der Waals surface area contributed by atoms with E-state index in [9.17, 15) is 9.90 Å². The fraction of sp³-hybridized carbons (Fsp3) is 0.412. The van der Waals surface area contributed by atoms with Gasteiger partial charge in [-0.15, -0.1) is 0 Å². The van der Waals surface area contributed by atoms with E-state index in [0.717, 1.165) is 31.2 Å². The Morgan fingerprint density at radius 2 is 2.17 bits per heavy atom. The Morgan fingerprint density at radius 1 is 1.43 bits per heavy atom. The summed E-state index contributed by atoms with van der Waals surface area (Å²) in [6.45, 7) is 1.78. The highest BCUT2D eigenvalue weighted by atomic mass is 35.5. The monoisotopic (exact) mass is 333 g/mol. The standard InChI is InChI=1S/C17H20ClN3O2/c1-11-14(16(23)21-17(10-22)7-2-3-8-17)20-15(19-11)12-5-4-6-13(18)9-12/h4-6,9,22H,2-3,7-8,10H2,1H3,(H,19,20)(H,21,23). The second kappa shape index (κ2) is 6.34. The third-order valence-electron chi connectivity index (χ3n) is 4.44. The van der Waals surface area contributed by atoms with Gasteiger partial charge in [-0.25, -0.2) is 4.98 Å². The molecule has 1 aromatic carbocycles. The smallest absolute Gasteiger partial charge is 0.272 e. The van der Waals surface area contributed by atoms with Crippen molar-refractivity contribution in [3.63, 3.8) is 0 Å². The molecule has 23 heavy (non-hydrogen) atoms. The Labute approximate surface area is 140 Å². The highest BCUT2D eigenvalue weighted by molar-refractivity contribution is 6.30. The largest absolute Gasteiger partial charge is 0.394 e. The lowest BCUT2D eigenvalue weighted by Crippen LogP contribution is -2.49. The number of imidazole rings is 1. The summed E-state index contributed by atoms with van der Waals surface area (Å²) < 4.78 is 0. The summed E-state index contributed by atoms with van der Waals surface area (Å²) in [7, 11) is 0. The number of aryl methyl sites for hydroxylation is 1. The van der Waals surface area contributed by atoms with Gasteiger partial charge in [-0.05, 0) is 31.9 Å². The lowest BCUT2D eigenvalue weighted by Gasteiger charge is -2.27. The summed E-state index contributed by atoms with van der Waals surface area (Å²) in [6, 6.07) is 7.32. The summed E-state index contributed by atoms with van der Waals surface area (Å²) in [4.78, 5) is 20.1. The van der Waals surface area contributed by atoms with Crippen LogP contribution in [0.4, 0.5) is 0 Å². The van der Waals surface area contributed by atoms with Crippen LogP contribution in [0.25, 0.3) is 11.4 Å². The molecule has 0 radical (unpaired) electrons. The van der Waals surface area contributed by atoms with Gasteiger partial charge in [-0.1, -0.05) is 36.6 Å². The number of nitrogens with one attached hydrogen (secondary N) is 2. The molecule has 0 bridgehead atoms. The van der Waals surface area contributed by atoms with Gasteiger partial charge in [-0.3, -0.25) is 4.79 Å².